The van der Waals surface area contributed by atoms with Crippen molar-refractivity contribution >= 4 is 29.3 Å². The number of benzene rings is 1. The minimum atomic E-state index is -0.450. The summed E-state index contributed by atoms with van der Waals surface area (Å²) in [5.74, 6) is -0.800. The molecular formula is C13H11ClFN3O. The first-order chi connectivity index (χ1) is 9.04. The minimum Gasteiger partial charge on any atom is -0.321 e. The van der Waals surface area contributed by atoms with Gasteiger partial charge in [-0.3, -0.25) is 9.48 Å². The summed E-state index contributed by atoms with van der Waals surface area (Å²) >= 11 is 5.80. The maximum absolute atomic E-state index is 12.8. The van der Waals surface area contributed by atoms with E-state index in [0.717, 1.165) is 11.6 Å². The molecule has 0 aliphatic rings. The topological polar surface area (TPSA) is 46.9 Å². The number of amides is 1. The molecule has 19 heavy (non-hydrogen) atoms. The molecule has 0 spiro atoms. The van der Waals surface area contributed by atoms with E-state index in [1.54, 1.807) is 30.2 Å². The van der Waals surface area contributed by atoms with E-state index in [-0.39, 0.29) is 10.9 Å². The number of rotatable bonds is 3. The summed E-state index contributed by atoms with van der Waals surface area (Å²) in [6.07, 6.45) is 6.39. The number of aromatic nitrogens is 2. The second-order valence-electron chi connectivity index (χ2n) is 3.89. The van der Waals surface area contributed by atoms with Crippen molar-refractivity contribution in [2.24, 2.45) is 7.05 Å². The number of carbonyl (C=O) groups is 1. The predicted molar refractivity (Wildman–Crippen MR) is 72.3 cm³/mol. The standard InChI is InChI=1S/C13H11ClFN3O/c1-18-8-9(7-16-18)2-5-13(19)17-12-4-3-10(15)6-11(12)14/h2-8H,1H3,(H,17,19). The Kier molecular flexibility index (Phi) is 3.97. The Hall–Kier alpha value is -2.14. The number of hydrogen-bond acceptors (Lipinski definition) is 2. The number of hydrogen-bond donors (Lipinski definition) is 1. The van der Waals surface area contributed by atoms with Gasteiger partial charge in [-0.25, -0.2) is 4.39 Å². The van der Waals surface area contributed by atoms with Gasteiger partial charge in [-0.15, -0.1) is 0 Å². The van der Waals surface area contributed by atoms with Crippen LogP contribution in [0.3, 0.4) is 0 Å². The highest BCUT2D eigenvalue weighted by atomic mass is 35.5. The van der Waals surface area contributed by atoms with Crippen molar-refractivity contribution in [2.45, 2.75) is 0 Å². The van der Waals surface area contributed by atoms with Gasteiger partial charge in [0, 0.05) is 24.9 Å². The van der Waals surface area contributed by atoms with Gasteiger partial charge in [0.15, 0.2) is 0 Å². The zero-order chi connectivity index (χ0) is 13.8. The van der Waals surface area contributed by atoms with Gasteiger partial charge in [-0.05, 0) is 24.3 Å². The van der Waals surface area contributed by atoms with Gasteiger partial charge in [-0.2, -0.15) is 5.10 Å². The van der Waals surface area contributed by atoms with Crippen LogP contribution in [0.1, 0.15) is 5.56 Å². The van der Waals surface area contributed by atoms with Gasteiger partial charge in [0.25, 0.3) is 0 Å². The highest BCUT2D eigenvalue weighted by Crippen LogP contribution is 2.22. The highest BCUT2D eigenvalue weighted by molar-refractivity contribution is 6.33. The molecule has 98 valence electrons. The van der Waals surface area contributed by atoms with E-state index >= 15 is 0 Å². The number of nitrogens with one attached hydrogen (secondary N) is 1. The number of aryl methyl sites for hydroxylation is 1. The maximum Gasteiger partial charge on any atom is 0.248 e. The van der Waals surface area contributed by atoms with Gasteiger partial charge in [0.1, 0.15) is 5.82 Å². The van der Waals surface area contributed by atoms with E-state index in [2.05, 4.69) is 10.4 Å². The average Bonchev–Trinajstić information content (AvgIpc) is 2.76. The van der Waals surface area contributed by atoms with Crippen molar-refractivity contribution in [3.05, 3.63) is 53.1 Å². The molecule has 1 aromatic carbocycles. The Morgan fingerprint density at radius 3 is 2.95 bits per heavy atom. The minimum absolute atomic E-state index is 0.156. The van der Waals surface area contributed by atoms with Gasteiger partial charge < -0.3 is 5.32 Å². The Labute approximate surface area is 114 Å². The Morgan fingerprint density at radius 2 is 2.32 bits per heavy atom. The fourth-order valence-electron chi connectivity index (χ4n) is 1.46. The summed E-state index contributed by atoms with van der Waals surface area (Å²) in [5, 5.41) is 6.69. The van der Waals surface area contributed by atoms with Gasteiger partial charge in [0.2, 0.25) is 5.91 Å². The van der Waals surface area contributed by atoms with Crippen LogP contribution in [-0.2, 0) is 11.8 Å². The fraction of sp³-hybridized carbons (Fsp3) is 0.0769. The summed E-state index contributed by atoms with van der Waals surface area (Å²) in [4.78, 5) is 11.7. The average molecular weight is 280 g/mol. The number of carbonyl (C=O) groups excluding carboxylic acids is 1. The second-order valence-corrected chi connectivity index (χ2v) is 4.30. The van der Waals surface area contributed by atoms with Crippen LogP contribution < -0.4 is 5.32 Å². The summed E-state index contributed by atoms with van der Waals surface area (Å²) in [7, 11) is 1.79. The smallest absolute Gasteiger partial charge is 0.248 e. The summed E-state index contributed by atoms with van der Waals surface area (Å²) in [6.45, 7) is 0. The molecule has 4 nitrogen and oxygen atoms in total. The molecule has 1 amide bonds. The molecular weight excluding hydrogens is 269 g/mol. The van der Waals surface area contributed by atoms with E-state index in [1.807, 2.05) is 0 Å². The van der Waals surface area contributed by atoms with Gasteiger partial charge in [-0.1, -0.05) is 11.6 Å². The third kappa shape index (κ3) is 3.66. The third-order valence-electron chi connectivity index (χ3n) is 2.34. The molecule has 0 bridgehead atoms. The van der Waals surface area contributed by atoms with Gasteiger partial charge >= 0.3 is 0 Å². The Morgan fingerprint density at radius 1 is 1.53 bits per heavy atom. The first-order valence-corrected chi connectivity index (χ1v) is 5.85. The molecule has 1 heterocycles. The van der Waals surface area contributed by atoms with E-state index < -0.39 is 5.82 Å². The van der Waals surface area contributed by atoms with Crippen molar-refractivity contribution in [1.82, 2.24) is 9.78 Å². The number of nitrogens with zero attached hydrogens (tertiary/aromatic N) is 2. The molecule has 0 saturated heterocycles. The van der Waals surface area contributed by atoms with Crippen molar-refractivity contribution in [2.75, 3.05) is 5.32 Å². The molecule has 0 saturated carbocycles. The zero-order valence-electron chi connectivity index (χ0n) is 10.1. The van der Waals surface area contributed by atoms with Gasteiger partial charge in [0.05, 0.1) is 16.9 Å². The fourth-order valence-corrected chi connectivity index (χ4v) is 1.68. The first kappa shape index (κ1) is 13.3. The molecule has 0 aliphatic heterocycles. The molecule has 0 unspecified atom stereocenters. The lowest BCUT2D eigenvalue weighted by Gasteiger charge is -2.04. The number of anilines is 1. The molecule has 0 aliphatic carbocycles. The lowest BCUT2D eigenvalue weighted by atomic mass is 10.3. The van der Waals surface area contributed by atoms with Crippen LogP contribution in [0.4, 0.5) is 10.1 Å². The maximum atomic E-state index is 12.8. The van der Waals surface area contributed by atoms with Crippen LogP contribution in [0.2, 0.25) is 5.02 Å². The second kappa shape index (κ2) is 5.67. The number of halogens is 2. The van der Waals surface area contributed by atoms with Crippen molar-refractivity contribution in [1.29, 1.82) is 0 Å². The van der Waals surface area contributed by atoms with E-state index in [9.17, 15) is 9.18 Å². The molecule has 0 atom stereocenters. The Bertz CT molecular complexity index is 637. The SMILES string of the molecule is Cn1cc(C=CC(=O)Nc2ccc(F)cc2Cl)cn1. The third-order valence-corrected chi connectivity index (χ3v) is 2.65. The lowest BCUT2D eigenvalue weighted by Crippen LogP contribution is -2.08. The largest absolute Gasteiger partial charge is 0.321 e. The van der Waals surface area contributed by atoms with Crippen LogP contribution >= 0.6 is 11.6 Å². The van der Waals surface area contributed by atoms with E-state index in [0.29, 0.717) is 5.69 Å². The normalized spacial score (nSPS) is 10.9. The quantitative estimate of drug-likeness (QED) is 0.878. The van der Waals surface area contributed by atoms with Crippen LogP contribution in [-0.4, -0.2) is 15.7 Å². The molecule has 1 aromatic heterocycles. The lowest BCUT2D eigenvalue weighted by molar-refractivity contribution is -0.111. The molecule has 6 heteroatoms. The molecule has 1 N–H and O–H groups in total. The van der Waals surface area contributed by atoms with Crippen LogP contribution in [0.5, 0.6) is 0 Å². The molecule has 0 radical (unpaired) electrons. The monoisotopic (exact) mass is 279 g/mol. The van der Waals surface area contributed by atoms with Crippen molar-refractivity contribution in [3.63, 3.8) is 0 Å². The van der Waals surface area contributed by atoms with E-state index in [1.165, 1.54) is 18.2 Å². The van der Waals surface area contributed by atoms with Crippen molar-refractivity contribution < 1.29 is 9.18 Å². The molecule has 2 aromatic rings. The van der Waals surface area contributed by atoms with Crippen LogP contribution in [0.15, 0.2) is 36.7 Å². The predicted octanol–water partition coefficient (Wildman–Crippen LogP) is 2.86. The highest BCUT2D eigenvalue weighted by Gasteiger charge is 2.04. The Balaban J connectivity index is 2.03. The molecule has 0 fully saturated rings. The summed E-state index contributed by atoms with van der Waals surface area (Å²) in [5.41, 5.74) is 1.17. The van der Waals surface area contributed by atoms with E-state index in [4.69, 9.17) is 11.6 Å². The first-order valence-electron chi connectivity index (χ1n) is 5.47. The van der Waals surface area contributed by atoms with Crippen LogP contribution in [0, 0.1) is 5.82 Å². The summed E-state index contributed by atoms with van der Waals surface area (Å²) in [6, 6.07) is 3.78. The summed E-state index contributed by atoms with van der Waals surface area (Å²) < 4.78 is 14.5. The van der Waals surface area contributed by atoms with Crippen molar-refractivity contribution in [3.8, 4) is 0 Å². The molecule has 2 rings (SSSR count). The van der Waals surface area contributed by atoms with Crippen LogP contribution in [0.25, 0.3) is 6.08 Å². The zero-order valence-corrected chi connectivity index (χ0v) is 10.9.